The van der Waals surface area contributed by atoms with Gasteiger partial charge in [-0.1, -0.05) is 32.0 Å². The summed E-state index contributed by atoms with van der Waals surface area (Å²) in [7, 11) is 0. The van der Waals surface area contributed by atoms with Crippen molar-refractivity contribution in [3.05, 3.63) is 76.0 Å². The highest BCUT2D eigenvalue weighted by atomic mass is 32.1. The lowest BCUT2D eigenvalue weighted by Crippen LogP contribution is -2.33. The number of nitro groups is 1. The lowest BCUT2D eigenvalue weighted by molar-refractivity contribution is -0.384. The highest BCUT2D eigenvalue weighted by molar-refractivity contribution is 7.80. The molecular formula is C21H19N3O5S. The molecule has 0 unspecified atom stereocenters. The van der Waals surface area contributed by atoms with Gasteiger partial charge in [0.25, 0.3) is 11.6 Å². The van der Waals surface area contributed by atoms with Crippen LogP contribution in [-0.4, -0.2) is 21.0 Å². The summed E-state index contributed by atoms with van der Waals surface area (Å²) in [4.78, 5) is 23.1. The number of thiocarbonyl (C=S) groups is 1. The number of rotatable bonds is 5. The minimum Gasteiger partial charge on any atom is -0.506 e. The Morgan fingerprint density at radius 2 is 1.90 bits per heavy atom. The van der Waals surface area contributed by atoms with Crippen LogP contribution in [0.25, 0.3) is 11.3 Å². The largest absolute Gasteiger partial charge is 0.506 e. The number of phenols is 1. The molecule has 0 atom stereocenters. The molecule has 3 aromatic rings. The number of nitrogens with one attached hydrogen (secondary N) is 2. The van der Waals surface area contributed by atoms with Crippen LogP contribution in [0.3, 0.4) is 0 Å². The van der Waals surface area contributed by atoms with Gasteiger partial charge in [-0.25, -0.2) is 0 Å². The molecule has 2 aromatic carbocycles. The van der Waals surface area contributed by atoms with Gasteiger partial charge in [-0.3, -0.25) is 20.2 Å². The molecular weight excluding hydrogens is 406 g/mol. The number of carbonyl (C=O) groups is 1. The Labute approximate surface area is 177 Å². The molecule has 0 spiro atoms. The number of furan rings is 1. The molecule has 30 heavy (non-hydrogen) atoms. The zero-order chi connectivity index (χ0) is 21.8. The summed E-state index contributed by atoms with van der Waals surface area (Å²) in [5.41, 5.74) is 1.49. The smallest absolute Gasteiger partial charge is 0.293 e. The van der Waals surface area contributed by atoms with Crippen molar-refractivity contribution in [2.24, 2.45) is 0 Å². The minimum atomic E-state index is -0.628. The van der Waals surface area contributed by atoms with E-state index < -0.39 is 10.8 Å². The van der Waals surface area contributed by atoms with E-state index in [0.717, 1.165) is 5.56 Å². The quantitative estimate of drug-likeness (QED) is 0.232. The number of hydrogen-bond acceptors (Lipinski definition) is 6. The van der Waals surface area contributed by atoms with Crippen molar-refractivity contribution in [3.63, 3.8) is 0 Å². The molecule has 0 aliphatic heterocycles. The van der Waals surface area contributed by atoms with E-state index in [0.29, 0.717) is 5.69 Å². The van der Waals surface area contributed by atoms with E-state index >= 15 is 0 Å². The summed E-state index contributed by atoms with van der Waals surface area (Å²) in [6.07, 6.45) is 0. The summed E-state index contributed by atoms with van der Waals surface area (Å²) < 4.78 is 5.49. The van der Waals surface area contributed by atoms with E-state index in [9.17, 15) is 20.0 Å². The zero-order valence-corrected chi connectivity index (χ0v) is 17.0. The Morgan fingerprint density at radius 1 is 1.17 bits per heavy atom. The van der Waals surface area contributed by atoms with E-state index in [1.165, 1.54) is 24.3 Å². The van der Waals surface area contributed by atoms with Crippen LogP contribution < -0.4 is 10.6 Å². The average molecular weight is 425 g/mol. The Balaban J connectivity index is 1.73. The highest BCUT2D eigenvalue weighted by Gasteiger charge is 2.20. The Hall–Kier alpha value is -3.72. The van der Waals surface area contributed by atoms with Crippen molar-refractivity contribution in [2.45, 2.75) is 19.8 Å². The van der Waals surface area contributed by atoms with E-state index in [1.807, 2.05) is 13.8 Å². The molecule has 1 heterocycles. The van der Waals surface area contributed by atoms with Gasteiger partial charge in [0, 0.05) is 6.07 Å². The van der Waals surface area contributed by atoms with Crippen LogP contribution in [0.15, 0.2) is 59.0 Å². The topological polar surface area (TPSA) is 118 Å². The predicted octanol–water partition coefficient (Wildman–Crippen LogP) is 4.81. The predicted molar refractivity (Wildman–Crippen MR) is 117 cm³/mol. The third kappa shape index (κ3) is 4.64. The second kappa shape index (κ2) is 8.75. The fourth-order valence-corrected chi connectivity index (χ4v) is 2.98. The van der Waals surface area contributed by atoms with Crippen LogP contribution in [0, 0.1) is 10.1 Å². The van der Waals surface area contributed by atoms with Crippen LogP contribution in [0.1, 0.15) is 35.9 Å². The number of benzene rings is 2. The molecule has 0 saturated carbocycles. The standard InChI is InChI=1S/C21H19N3O5S/c1-12(2)13-7-8-17(25)15(11-13)22-21(30)23-20(26)19-10-9-18(29-19)14-5-3-4-6-16(14)24(27)28/h3-12,25H,1-2H3,(H2,22,23,26,30). The Morgan fingerprint density at radius 3 is 2.60 bits per heavy atom. The SMILES string of the molecule is CC(C)c1ccc(O)c(NC(=S)NC(=O)c2ccc(-c3ccccc3[N+](=O)[O-])o2)c1. The van der Waals surface area contributed by atoms with Crippen molar-refractivity contribution in [1.82, 2.24) is 5.32 Å². The van der Waals surface area contributed by atoms with Crippen molar-refractivity contribution < 1.29 is 19.2 Å². The summed E-state index contributed by atoms with van der Waals surface area (Å²) in [6.45, 7) is 4.03. The summed E-state index contributed by atoms with van der Waals surface area (Å²) >= 11 is 5.15. The molecule has 0 radical (unpaired) electrons. The van der Waals surface area contributed by atoms with Crippen LogP contribution in [0.4, 0.5) is 11.4 Å². The fourth-order valence-electron chi connectivity index (χ4n) is 2.78. The lowest BCUT2D eigenvalue weighted by Gasteiger charge is -2.13. The van der Waals surface area contributed by atoms with Crippen molar-refractivity contribution in [2.75, 3.05) is 5.32 Å². The second-order valence-electron chi connectivity index (χ2n) is 6.78. The molecule has 3 N–H and O–H groups in total. The number of anilines is 1. The number of amides is 1. The van der Waals surface area contributed by atoms with Gasteiger partial charge in [-0.2, -0.15) is 0 Å². The molecule has 0 saturated heterocycles. The number of carbonyl (C=O) groups excluding carboxylic acids is 1. The fraction of sp³-hybridized carbons (Fsp3) is 0.143. The van der Waals surface area contributed by atoms with Gasteiger partial charge in [0.2, 0.25) is 0 Å². The molecule has 1 amide bonds. The van der Waals surface area contributed by atoms with Crippen LogP contribution >= 0.6 is 12.2 Å². The molecule has 3 rings (SSSR count). The highest BCUT2D eigenvalue weighted by Crippen LogP contribution is 2.31. The first-order chi connectivity index (χ1) is 14.3. The summed E-state index contributed by atoms with van der Waals surface area (Å²) in [5.74, 6) is -0.261. The van der Waals surface area contributed by atoms with Gasteiger partial charge in [0.15, 0.2) is 10.9 Å². The van der Waals surface area contributed by atoms with Crippen molar-refractivity contribution >= 4 is 34.6 Å². The molecule has 8 nitrogen and oxygen atoms in total. The molecule has 0 fully saturated rings. The van der Waals surface area contributed by atoms with Gasteiger partial charge in [-0.15, -0.1) is 0 Å². The third-order valence-corrected chi connectivity index (χ3v) is 4.56. The van der Waals surface area contributed by atoms with E-state index in [1.54, 1.807) is 30.3 Å². The Bertz CT molecular complexity index is 1120. The summed E-state index contributed by atoms with van der Waals surface area (Å²) in [6, 6.07) is 14.1. The number of para-hydroxylation sites is 1. The normalized spacial score (nSPS) is 10.6. The number of hydrogen-bond donors (Lipinski definition) is 3. The third-order valence-electron chi connectivity index (χ3n) is 4.36. The van der Waals surface area contributed by atoms with E-state index in [4.69, 9.17) is 16.6 Å². The number of aromatic hydroxyl groups is 1. The second-order valence-corrected chi connectivity index (χ2v) is 7.19. The molecule has 0 aliphatic carbocycles. The molecule has 0 aliphatic rings. The first-order valence-corrected chi connectivity index (χ1v) is 9.46. The van der Waals surface area contributed by atoms with E-state index in [2.05, 4.69) is 10.6 Å². The van der Waals surface area contributed by atoms with Gasteiger partial charge in [-0.05, 0) is 54.0 Å². The van der Waals surface area contributed by atoms with Gasteiger partial charge in [0.1, 0.15) is 11.5 Å². The van der Waals surface area contributed by atoms with Crippen LogP contribution in [0.5, 0.6) is 5.75 Å². The number of phenolic OH excluding ortho intramolecular Hbond substituents is 1. The Kier molecular flexibility index (Phi) is 6.12. The van der Waals surface area contributed by atoms with Gasteiger partial charge >= 0.3 is 0 Å². The summed E-state index contributed by atoms with van der Waals surface area (Å²) in [5, 5.41) is 26.4. The average Bonchev–Trinajstić information content (AvgIpc) is 3.19. The van der Waals surface area contributed by atoms with Gasteiger partial charge in [0.05, 0.1) is 16.2 Å². The first-order valence-electron chi connectivity index (χ1n) is 9.05. The maximum atomic E-state index is 12.4. The zero-order valence-electron chi connectivity index (χ0n) is 16.2. The van der Waals surface area contributed by atoms with E-state index in [-0.39, 0.29) is 39.6 Å². The maximum absolute atomic E-state index is 12.4. The maximum Gasteiger partial charge on any atom is 0.293 e. The molecule has 1 aromatic heterocycles. The molecule has 154 valence electrons. The van der Waals surface area contributed by atoms with Gasteiger partial charge < -0.3 is 14.8 Å². The molecule has 9 heteroatoms. The molecule has 0 bridgehead atoms. The van der Waals surface area contributed by atoms with Crippen LogP contribution in [0.2, 0.25) is 0 Å². The monoisotopic (exact) mass is 425 g/mol. The number of nitrogens with zero attached hydrogens (tertiary/aromatic N) is 1. The van der Waals surface area contributed by atoms with Crippen molar-refractivity contribution in [3.8, 4) is 17.1 Å². The number of nitro benzene ring substituents is 1. The van der Waals surface area contributed by atoms with Crippen LogP contribution in [-0.2, 0) is 0 Å². The lowest BCUT2D eigenvalue weighted by atomic mass is 10.0. The van der Waals surface area contributed by atoms with Crippen molar-refractivity contribution in [1.29, 1.82) is 0 Å². The first kappa shape index (κ1) is 21.0. The minimum absolute atomic E-state index is 0.00679.